The van der Waals surface area contributed by atoms with Gasteiger partial charge in [-0.15, -0.1) is 7.92 Å². The predicted molar refractivity (Wildman–Crippen MR) is 90.0 cm³/mol. The van der Waals surface area contributed by atoms with Crippen molar-refractivity contribution >= 4 is 7.92 Å². The normalized spacial score (nSPS) is 22.6. The van der Waals surface area contributed by atoms with Gasteiger partial charge in [-0.05, 0) is 55.3 Å². The Morgan fingerprint density at radius 2 is 1.75 bits per heavy atom. The lowest BCUT2D eigenvalue weighted by Gasteiger charge is -2.30. The molecule has 3 rings (SSSR count). The molecule has 2 aromatic rings. The van der Waals surface area contributed by atoms with Crippen molar-refractivity contribution in [3.8, 4) is 0 Å². The van der Waals surface area contributed by atoms with E-state index in [1.807, 2.05) is 0 Å². The van der Waals surface area contributed by atoms with E-state index in [0.29, 0.717) is 0 Å². The lowest BCUT2D eigenvalue weighted by molar-refractivity contribution is 0.649. The van der Waals surface area contributed by atoms with Crippen molar-refractivity contribution in [2.75, 3.05) is 12.3 Å². The Hall–Kier alpha value is -1.13. The average Bonchev–Trinajstić information content (AvgIpc) is 2.51. The largest absolute Gasteiger partial charge is 0.102 e. The van der Waals surface area contributed by atoms with Gasteiger partial charge in [0.1, 0.15) is 0 Å². The van der Waals surface area contributed by atoms with Crippen molar-refractivity contribution in [1.29, 1.82) is 0 Å². The van der Waals surface area contributed by atoms with Crippen LogP contribution in [0.1, 0.15) is 35.4 Å². The maximum absolute atomic E-state index is 2.32. The Morgan fingerprint density at radius 3 is 2.50 bits per heavy atom. The highest BCUT2D eigenvalue weighted by Crippen LogP contribution is 2.49. The molecule has 0 saturated carbocycles. The van der Waals surface area contributed by atoms with E-state index in [1.165, 1.54) is 42.5 Å². The molecule has 1 heterocycles. The highest BCUT2D eigenvalue weighted by atomic mass is 31.1. The molecule has 2 aromatic carbocycles. The van der Waals surface area contributed by atoms with E-state index in [2.05, 4.69) is 61.5 Å². The van der Waals surface area contributed by atoms with E-state index in [-0.39, 0.29) is 7.92 Å². The molecule has 0 amide bonds. The lowest BCUT2D eigenvalue weighted by atomic mass is 9.96. The molecule has 20 heavy (non-hydrogen) atoms. The van der Waals surface area contributed by atoms with Crippen LogP contribution >= 0.6 is 7.92 Å². The molecule has 0 spiro atoms. The third kappa shape index (κ3) is 3.49. The minimum Gasteiger partial charge on any atom is -0.102 e. The minimum absolute atomic E-state index is 0.179. The zero-order chi connectivity index (χ0) is 13.8. The van der Waals surface area contributed by atoms with E-state index >= 15 is 0 Å². The summed E-state index contributed by atoms with van der Waals surface area (Å²) in [4.78, 5) is 0. The summed E-state index contributed by atoms with van der Waals surface area (Å²) >= 11 is 0. The van der Waals surface area contributed by atoms with Gasteiger partial charge in [0, 0.05) is 0 Å². The molecule has 1 aliphatic heterocycles. The van der Waals surface area contributed by atoms with Crippen LogP contribution in [-0.4, -0.2) is 12.3 Å². The fourth-order valence-corrected chi connectivity index (χ4v) is 5.99. The number of hydrogen-bond donors (Lipinski definition) is 0. The first-order chi connectivity index (χ1) is 9.81. The Morgan fingerprint density at radius 1 is 1.00 bits per heavy atom. The van der Waals surface area contributed by atoms with Crippen LogP contribution in [0, 0.1) is 6.92 Å². The number of benzene rings is 2. The van der Waals surface area contributed by atoms with Crippen molar-refractivity contribution in [2.45, 2.75) is 31.8 Å². The molecular formula is C19H23P. The van der Waals surface area contributed by atoms with Gasteiger partial charge in [-0.25, -0.2) is 0 Å². The second-order valence-electron chi connectivity index (χ2n) is 5.97. The van der Waals surface area contributed by atoms with Crippen LogP contribution in [0.3, 0.4) is 0 Å². The first-order valence-corrected chi connectivity index (χ1v) is 9.54. The third-order valence-electron chi connectivity index (χ3n) is 4.30. The standard InChI is InChI=1S/C19H23P/c1-16-9-11-17(12-10-16)14-20-13-5-8-19(15-20)18-6-3-2-4-7-18/h2-4,6-7,9-12,19H,5,8,13-15H2,1H3/t19-,20?/m1/s1. The molecule has 0 aromatic heterocycles. The van der Waals surface area contributed by atoms with E-state index in [4.69, 9.17) is 0 Å². The Labute approximate surface area is 124 Å². The highest BCUT2D eigenvalue weighted by molar-refractivity contribution is 7.56. The summed E-state index contributed by atoms with van der Waals surface area (Å²) in [6, 6.07) is 20.3. The summed E-state index contributed by atoms with van der Waals surface area (Å²) in [7, 11) is 0.179. The van der Waals surface area contributed by atoms with Crippen LogP contribution in [0.5, 0.6) is 0 Å². The van der Waals surface area contributed by atoms with Crippen molar-refractivity contribution in [1.82, 2.24) is 0 Å². The van der Waals surface area contributed by atoms with Crippen LogP contribution in [0.2, 0.25) is 0 Å². The number of rotatable bonds is 3. The summed E-state index contributed by atoms with van der Waals surface area (Å²) < 4.78 is 0. The van der Waals surface area contributed by atoms with Crippen molar-refractivity contribution in [3.05, 3.63) is 71.3 Å². The average molecular weight is 282 g/mol. The van der Waals surface area contributed by atoms with Crippen molar-refractivity contribution < 1.29 is 0 Å². The van der Waals surface area contributed by atoms with Crippen molar-refractivity contribution in [3.63, 3.8) is 0 Å². The topological polar surface area (TPSA) is 0 Å². The van der Waals surface area contributed by atoms with Crippen LogP contribution < -0.4 is 0 Å². The van der Waals surface area contributed by atoms with Gasteiger partial charge in [-0.3, -0.25) is 0 Å². The highest BCUT2D eigenvalue weighted by Gasteiger charge is 2.22. The van der Waals surface area contributed by atoms with E-state index in [1.54, 1.807) is 5.56 Å². The Kier molecular flexibility index (Phi) is 4.53. The van der Waals surface area contributed by atoms with Crippen LogP contribution in [-0.2, 0) is 6.16 Å². The second kappa shape index (κ2) is 6.55. The molecule has 0 aliphatic carbocycles. The van der Waals surface area contributed by atoms with Gasteiger partial charge in [-0.2, -0.15) is 0 Å². The molecule has 0 N–H and O–H groups in total. The summed E-state index contributed by atoms with van der Waals surface area (Å²) in [6.45, 7) is 2.17. The number of aryl methyl sites for hydroxylation is 1. The van der Waals surface area contributed by atoms with Gasteiger partial charge in [0.25, 0.3) is 0 Å². The first kappa shape index (κ1) is 13.8. The molecule has 0 bridgehead atoms. The fourth-order valence-electron chi connectivity index (χ4n) is 3.15. The van der Waals surface area contributed by atoms with Crippen LogP contribution in [0.15, 0.2) is 54.6 Å². The molecule has 1 aliphatic rings. The maximum Gasteiger partial charge on any atom is -0.00729 e. The van der Waals surface area contributed by atoms with Gasteiger partial charge in [0.05, 0.1) is 0 Å². The maximum atomic E-state index is 2.32. The summed E-state index contributed by atoms with van der Waals surface area (Å²) in [6.07, 6.45) is 7.01. The van der Waals surface area contributed by atoms with Crippen LogP contribution in [0.4, 0.5) is 0 Å². The summed E-state index contributed by atoms with van der Waals surface area (Å²) in [5, 5.41) is 0. The van der Waals surface area contributed by atoms with Gasteiger partial charge < -0.3 is 0 Å². The summed E-state index contributed by atoms with van der Waals surface area (Å²) in [5.41, 5.74) is 4.46. The quantitative estimate of drug-likeness (QED) is 0.647. The molecule has 0 nitrogen and oxygen atoms in total. The van der Waals surface area contributed by atoms with Gasteiger partial charge in [-0.1, -0.05) is 60.2 Å². The molecule has 1 heteroatoms. The molecule has 1 fully saturated rings. The first-order valence-electron chi connectivity index (χ1n) is 7.64. The molecule has 2 atom stereocenters. The molecule has 104 valence electrons. The smallest absolute Gasteiger partial charge is 0.00729 e. The second-order valence-corrected chi connectivity index (χ2v) is 8.44. The molecule has 1 saturated heterocycles. The van der Waals surface area contributed by atoms with Crippen LogP contribution in [0.25, 0.3) is 0 Å². The lowest BCUT2D eigenvalue weighted by Crippen LogP contribution is -2.12. The molecule has 0 radical (unpaired) electrons. The monoisotopic (exact) mass is 282 g/mol. The van der Waals surface area contributed by atoms with E-state index in [0.717, 1.165) is 5.92 Å². The number of hydrogen-bond acceptors (Lipinski definition) is 0. The zero-order valence-electron chi connectivity index (χ0n) is 12.3. The van der Waals surface area contributed by atoms with Gasteiger partial charge in [0.15, 0.2) is 0 Å². The molecular weight excluding hydrogens is 259 g/mol. The van der Waals surface area contributed by atoms with Gasteiger partial charge in [0.2, 0.25) is 0 Å². The Bertz CT molecular complexity index is 529. The minimum atomic E-state index is 0.179. The van der Waals surface area contributed by atoms with E-state index < -0.39 is 0 Å². The zero-order valence-corrected chi connectivity index (χ0v) is 13.2. The predicted octanol–water partition coefficient (Wildman–Crippen LogP) is 5.55. The fraction of sp³-hybridized carbons (Fsp3) is 0.368. The third-order valence-corrected chi connectivity index (χ3v) is 7.02. The SMILES string of the molecule is Cc1ccc(CP2CCC[C@@H](c3ccccc3)C2)cc1. The summed E-state index contributed by atoms with van der Waals surface area (Å²) in [5.74, 6) is 0.807. The van der Waals surface area contributed by atoms with Crippen molar-refractivity contribution in [2.24, 2.45) is 0 Å². The Balaban J connectivity index is 1.65. The molecule has 1 unspecified atom stereocenters. The van der Waals surface area contributed by atoms with E-state index in [9.17, 15) is 0 Å². The van der Waals surface area contributed by atoms with Gasteiger partial charge >= 0.3 is 0 Å².